The summed E-state index contributed by atoms with van der Waals surface area (Å²) in [6.45, 7) is 0.447. The molecule has 6 nitrogen and oxygen atoms in total. The molecule has 126 valence electrons. The summed E-state index contributed by atoms with van der Waals surface area (Å²) in [5, 5.41) is 9.66. The SMILES string of the molecule is O=C1OCC[C@@H]1Sc1nnc(-c2ccncc2)n1-c1ccc(Cl)cc1. The van der Waals surface area contributed by atoms with Crippen molar-refractivity contribution in [3.8, 4) is 17.1 Å². The minimum Gasteiger partial charge on any atom is -0.465 e. The van der Waals surface area contributed by atoms with Crippen LogP contribution in [0.4, 0.5) is 0 Å². The average molecular weight is 373 g/mol. The van der Waals surface area contributed by atoms with E-state index in [2.05, 4.69) is 15.2 Å². The van der Waals surface area contributed by atoms with Crippen LogP contribution >= 0.6 is 23.4 Å². The summed E-state index contributed by atoms with van der Waals surface area (Å²) in [6.07, 6.45) is 4.08. The van der Waals surface area contributed by atoms with Crippen molar-refractivity contribution in [3.05, 3.63) is 53.8 Å². The summed E-state index contributed by atoms with van der Waals surface area (Å²) < 4.78 is 6.97. The van der Waals surface area contributed by atoms with Crippen LogP contribution in [-0.4, -0.2) is 37.6 Å². The van der Waals surface area contributed by atoms with Gasteiger partial charge < -0.3 is 4.74 Å². The summed E-state index contributed by atoms with van der Waals surface area (Å²) >= 11 is 7.38. The lowest BCUT2D eigenvalue weighted by Gasteiger charge is -2.11. The van der Waals surface area contributed by atoms with Crippen molar-refractivity contribution in [2.75, 3.05) is 6.61 Å². The molecule has 0 unspecified atom stereocenters. The predicted octanol–water partition coefficient (Wildman–Crippen LogP) is 3.39. The molecule has 8 heteroatoms. The van der Waals surface area contributed by atoms with Crippen molar-refractivity contribution in [1.29, 1.82) is 0 Å². The Bertz CT molecular complexity index is 899. The zero-order valence-electron chi connectivity index (χ0n) is 13.0. The topological polar surface area (TPSA) is 69.9 Å². The molecular formula is C17H13ClN4O2S. The third kappa shape index (κ3) is 3.25. The highest BCUT2D eigenvalue weighted by Crippen LogP contribution is 2.33. The second kappa shape index (κ2) is 6.85. The summed E-state index contributed by atoms with van der Waals surface area (Å²) in [5.74, 6) is 0.472. The van der Waals surface area contributed by atoms with Gasteiger partial charge in [0.05, 0.1) is 6.61 Å². The maximum Gasteiger partial charge on any atom is 0.319 e. The van der Waals surface area contributed by atoms with Gasteiger partial charge in [-0.1, -0.05) is 23.4 Å². The first-order valence-electron chi connectivity index (χ1n) is 7.67. The number of rotatable bonds is 4. The van der Waals surface area contributed by atoms with E-state index in [1.54, 1.807) is 12.4 Å². The molecule has 1 saturated heterocycles. The largest absolute Gasteiger partial charge is 0.465 e. The highest BCUT2D eigenvalue weighted by Gasteiger charge is 2.30. The van der Waals surface area contributed by atoms with Gasteiger partial charge in [0.15, 0.2) is 11.0 Å². The number of ether oxygens (including phenoxy) is 1. The Morgan fingerprint density at radius 2 is 1.88 bits per heavy atom. The Hall–Kier alpha value is -2.38. The van der Waals surface area contributed by atoms with Gasteiger partial charge >= 0.3 is 5.97 Å². The number of benzene rings is 1. The molecule has 0 saturated carbocycles. The molecule has 1 fully saturated rings. The summed E-state index contributed by atoms with van der Waals surface area (Å²) in [6, 6.07) is 11.2. The van der Waals surface area contributed by atoms with Crippen molar-refractivity contribution in [2.45, 2.75) is 16.8 Å². The summed E-state index contributed by atoms with van der Waals surface area (Å²) in [7, 11) is 0. The van der Waals surface area contributed by atoms with E-state index in [0.717, 1.165) is 11.3 Å². The van der Waals surface area contributed by atoms with E-state index in [1.807, 2.05) is 41.0 Å². The molecule has 0 aliphatic carbocycles. The maximum absolute atomic E-state index is 11.8. The Labute approximate surface area is 153 Å². The molecule has 0 N–H and O–H groups in total. The van der Waals surface area contributed by atoms with E-state index >= 15 is 0 Å². The van der Waals surface area contributed by atoms with Crippen LogP contribution < -0.4 is 0 Å². The molecule has 1 aliphatic heterocycles. The molecule has 25 heavy (non-hydrogen) atoms. The van der Waals surface area contributed by atoms with Gasteiger partial charge in [0.1, 0.15) is 5.25 Å². The van der Waals surface area contributed by atoms with E-state index in [4.69, 9.17) is 16.3 Å². The molecule has 0 spiro atoms. The number of hydrogen-bond acceptors (Lipinski definition) is 6. The lowest BCUT2D eigenvalue weighted by Crippen LogP contribution is -2.11. The zero-order valence-corrected chi connectivity index (χ0v) is 14.6. The van der Waals surface area contributed by atoms with Crippen LogP contribution in [-0.2, 0) is 9.53 Å². The van der Waals surface area contributed by atoms with E-state index in [0.29, 0.717) is 29.0 Å². The number of hydrogen-bond donors (Lipinski definition) is 0. The Kier molecular flexibility index (Phi) is 4.42. The first kappa shape index (κ1) is 16.1. The molecule has 1 aromatic carbocycles. The van der Waals surface area contributed by atoms with Crippen LogP contribution in [0.25, 0.3) is 17.1 Å². The molecule has 1 atom stereocenters. The number of cyclic esters (lactones) is 1. The van der Waals surface area contributed by atoms with Gasteiger partial charge in [-0.15, -0.1) is 10.2 Å². The number of carbonyl (C=O) groups excluding carboxylic acids is 1. The summed E-state index contributed by atoms with van der Waals surface area (Å²) in [5.41, 5.74) is 1.76. The Morgan fingerprint density at radius 3 is 2.56 bits per heavy atom. The Balaban J connectivity index is 1.80. The van der Waals surface area contributed by atoms with Crippen LogP contribution in [0.1, 0.15) is 6.42 Å². The van der Waals surface area contributed by atoms with Crippen molar-refractivity contribution in [3.63, 3.8) is 0 Å². The highest BCUT2D eigenvalue weighted by atomic mass is 35.5. The maximum atomic E-state index is 11.8. The van der Waals surface area contributed by atoms with Gasteiger partial charge in [0.2, 0.25) is 0 Å². The molecule has 0 amide bonds. The third-order valence-corrected chi connectivity index (χ3v) is 5.23. The van der Waals surface area contributed by atoms with Crippen molar-refractivity contribution < 1.29 is 9.53 Å². The number of aromatic nitrogens is 4. The van der Waals surface area contributed by atoms with Crippen molar-refractivity contribution in [2.24, 2.45) is 0 Å². The number of carbonyl (C=O) groups is 1. The predicted molar refractivity (Wildman–Crippen MR) is 94.8 cm³/mol. The zero-order chi connectivity index (χ0) is 17.2. The molecule has 3 heterocycles. The van der Waals surface area contributed by atoms with Crippen molar-refractivity contribution in [1.82, 2.24) is 19.7 Å². The lowest BCUT2D eigenvalue weighted by atomic mass is 10.2. The molecule has 3 aromatic rings. The fourth-order valence-electron chi connectivity index (χ4n) is 2.57. The minimum absolute atomic E-state index is 0.207. The molecule has 4 rings (SSSR count). The first-order chi connectivity index (χ1) is 12.2. The second-order valence-corrected chi connectivity index (χ2v) is 7.02. The van der Waals surface area contributed by atoms with Gasteiger partial charge in [-0.25, -0.2) is 0 Å². The number of nitrogens with zero attached hydrogens (tertiary/aromatic N) is 4. The van der Waals surface area contributed by atoms with E-state index < -0.39 is 0 Å². The van der Waals surface area contributed by atoms with Crippen LogP contribution in [0.5, 0.6) is 0 Å². The van der Waals surface area contributed by atoms with Crippen LogP contribution in [0.2, 0.25) is 5.02 Å². The van der Waals surface area contributed by atoms with Crippen LogP contribution in [0, 0.1) is 0 Å². The lowest BCUT2D eigenvalue weighted by molar-refractivity contribution is -0.137. The average Bonchev–Trinajstić information content (AvgIpc) is 3.24. The molecule has 0 radical (unpaired) electrons. The number of thioether (sulfide) groups is 1. The summed E-state index contributed by atoms with van der Waals surface area (Å²) in [4.78, 5) is 15.9. The van der Waals surface area contributed by atoms with Gasteiger partial charge in [-0.2, -0.15) is 0 Å². The van der Waals surface area contributed by atoms with E-state index in [9.17, 15) is 4.79 Å². The molecule has 0 bridgehead atoms. The standard InChI is InChI=1S/C17H13ClN4O2S/c18-12-1-3-13(4-2-12)22-15(11-5-8-19-9-6-11)20-21-17(22)25-14-7-10-24-16(14)23/h1-6,8-9,14H,7,10H2/t14-/m0/s1. The molecule has 2 aromatic heterocycles. The van der Waals surface area contributed by atoms with Crippen molar-refractivity contribution >= 4 is 29.3 Å². The van der Waals surface area contributed by atoms with Gasteiger partial charge in [-0.05, 0) is 36.4 Å². The molecular weight excluding hydrogens is 360 g/mol. The first-order valence-corrected chi connectivity index (χ1v) is 8.93. The normalized spacial score (nSPS) is 16.8. The van der Waals surface area contributed by atoms with Gasteiger partial charge in [0.25, 0.3) is 0 Å². The quantitative estimate of drug-likeness (QED) is 0.654. The van der Waals surface area contributed by atoms with Gasteiger partial charge in [-0.3, -0.25) is 14.3 Å². The number of halogens is 1. The highest BCUT2D eigenvalue weighted by molar-refractivity contribution is 8.00. The van der Waals surface area contributed by atoms with E-state index in [-0.39, 0.29) is 11.2 Å². The number of esters is 1. The monoisotopic (exact) mass is 372 g/mol. The Morgan fingerprint density at radius 1 is 1.12 bits per heavy atom. The molecule has 1 aliphatic rings. The fraction of sp³-hybridized carbons (Fsp3) is 0.176. The van der Waals surface area contributed by atoms with Crippen LogP contribution in [0.15, 0.2) is 53.9 Å². The minimum atomic E-state index is -0.263. The van der Waals surface area contributed by atoms with E-state index in [1.165, 1.54) is 11.8 Å². The smallest absolute Gasteiger partial charge is 0.319 e. The van der Waals surface area contributed by atoms with Gasteiger partial charge in [0, 0.05) is 35.1 Å². The van der Waals surface area contributed by atoms with Crippen LogP contribution in [0.3, 0.4) is 0 Å². The number of pyridine rings is 1. The third-order valence-electron chi connectivity index (χ3n) is 3.79. The second-order valence-electron chi connectivity index (χ2n) is 5.42. The fourth-order valence-corrected chi connectivity index (χ4v) is 3.71.